The van der Waals surface area contributed by atoms with Crippen LogP contribution in [0.2, 0.25) is 5.02 Å². The molecule has 0 bridgehead atoms. The van der Waals surface area contributed by atoms with E-state index in [1.54, 1.807) is 37.3 Å². The maximum absolute atomic E-state index is 12.9. The van der Waals surface area contributed by atoms with Gasteiger partial charge >= 0.3 is 6.18 Å². The highest BCUT2D eigenvalue weighted by Gasteiger charge is 2.31. The zero-order valence-electron chi connectivity index (χ0n) is 13.4. The van der Waals surface area contributed by atoms with Crippen molar-refractivity contribution >= 4 is 23.2 Å². The monoisotopic (exact) mass is 380 g/mol. The van der Waals surface area contributed by atoms with Gasteiger partial charge in [-0.25, -0.2) is 0 Å². The maximum Gasteiger partial charge on any atom is 0.416 e. The van der Waals surface area contributed by atoms with Crippen molar-refractivity contribution in [2.24, 2.45) is 0 Å². The third-order valence-corrected chi connectivity index (χ3v) is 4.01. The number of carbonyl (C=O) groups excluding carboxylic acids is 1. The second-order valence-corrected chi connectivity index (χ2v) is 5.88. The number of alkyl halides is 3. The molecule has 0 fully saturated rings. The third-order valence-electron chi connectivity index (χ3n) is 3.68. The molecule has 0 aliphatic rings. The second kappa shape index (κ2) is 6.84. The van der Waals surface area contributed by atoms with Crippen LogP contribution < -0.4 is 5.32 Å². The van der Waals surface area contributed by atoms with E-state index in [0.29, 0.717) is 11.3 Å². The summed E-state index contributed by atoms with van der Waals surface area (Å²) in [5, 5.41) is 6.27. The first-order chi connectivity index (χ1) is 12.3. The van der Waals surface area contributed by atoms with E-state index in [1.807, 2.05) is 0 Å². The number of benzene rings is 2. The molecule has 3 aromatic rings. The highest BCUT2D eigenvalue weighted by Crippen LogP contribution is 2.34. The Balaban J connectivity index is 1.97. The van der Waals surface area contributed by atoms with Crippen LogP contribution in [0.4, 0.5) is 18.9 Å². The number of nitrogens with zero attached hydrogens (tertiary/aromatic N) is 1. The summed E-state index contributed by atoms with van der Waals surface area (Å²) < 4.78 is 43.7. The second-order valence-electron chi connectivity index (χ2n) is 5.47. The zero-order chi connectivity index (χ0) is 18.9. The molecule has 0 atom stereocenters. The molecule has 134 valence electrons. The molecule has 3 rings (SSSR count). The summed E-state index contributed by atoms with van der Waals surface area (Å²) in [4.78, 5) is 12.7. The van der Waals surface area contributed by atoms with Crippen molar-refractivity contribution in [3.63, 3.8) is 0 Å². The number of hydrogen-bond acceptors (Lipinski definition) is 3. The lowest BCUT2D eigenvalue weighted by molar-refractivity contribution is -0.137. The number of hydrogen-bond donors (Lipinski definition) is 1. The van der Waals surface area contributed by atoms with Gasteiger partial charge in [0.15, 0.2) is 0 Å². The molecule has 2 aromatic carbocycles. The average molecular weight is 381 g/mol. The Morgan fingerprint density at radius 3 is 2.50 bits per heavy atom. The van der Waals surface area contributed by atoms with Gasteiger partial charge in [-0.15, -0.1) is 0 Å². The summed E-state index contributed by atoms with van der Waals surface area (Å²) in [6.07, 6.45) is -4.55. The minimum Gasteiger partial charge on any atom is -0.360 e. The van der Waals surface area contributed by atoms with E-state index in [1.165, 1.54) is 0 Å². The van der Waals surface area contributed by atoms with Gasteiger partial charge in [-0.2, -0.15) is 13.2 Å². The molecule has 0 saturated carbocycles. The van der Waals surface area contributed by atoms with Gasteiger partial charge in [0.1, 0.15) is 17.0 Å². The summed E-state index contributed by atoms with van der Waals surface area (Å²) in [7, 11) is 0. The van der Waals surface area contributed by atoms with Gasteiger partial charge in [0, 0.05) is 5.56 Å². The summed E-state index contributed by atoms with van der Waals surface area (Å²) in [6, 6.07) is 11.5. The van der Waals surface area contributed by atoms with E-state index in [4.69, 9.17) is 16.1 Å². The lowest BCUT2D eigenvalue weighted by atomic mass is 10.1. The fraction of sp³-hybridized carbons (Fsp3) is 0.111. The molecule has 26 heavy (non-hydrogen) atoms. The first-order valence-electron chi connectivity index (χ1n) is 7.47. The predicted octanol–water partition coefficient (Wildman–Crippen LogP) is 5.57. The zero-order valence-corrected chi connectivity index (χ0v) is 14.2. The number of aryl methyl sites for hydroxylation is 1. The number of nitrogens with one attached hydrogen (secondary N) is 1. The Bertz CT molecular complexity index is 953. The number of amides is 1. The Labute approximate surface area is 151 Å². The van der Waals surface area contributed by atoms with Gasteiger partial charge in [0.05, 0.1) is 16.3 Å². The summed E-state index contributed by atoms with van der Waals surface area (Å²) in [5.74, 6) is -0.423. The predicted molar refractivity (Wildman–Crippen MR) is 91.1 cm³/mol. The number of carbonyl (C=O) groups is 1. The van der Waals surface area contributed by atoms with Crippen molar-refractivity contribution in [2.75, 3.05) is 5.32 Å². The number of rotatable bonds is 3. The first kappa shape index (κ1) is 18.0. The minimum absolute atomic E-state index is 0.0123. The Morgan fingerprint density at radius 2 is 1.85 bits per heavy atom. The fourth-order valence-corrected chi connectivity index (χ4v) is 2.58. The molecule has 0 radical (unpaired) electrons. The fourth-order valence-electron chi connectivity index (χ4n) is 2.41. The maximum atomic E-state index is 12.9. The molecular weight excluding hydrogens is 369 g/mol. The van der Waals surface area contributed by atoms with Crippen LogP contribution in [0, 0.1) is 6.92 Å². The van der Waals surface area contributed by atoms with E-state index in [0.717, 1.165) is 18.2 Å². The van der Waals surface area contributed by atoms with Crippen LogP contribution in [0.5, 0.6) is 0 Å². The van der Waals surface area contributed by atoms with E-state index in [-0.39, 0.29) is 22.0 Å². The van der Waals surface area contributed by atoms with Crippen LogP contribution in [0.3, 0.4) is 0 Å². The summed E-state index contributed by atoms with van der Waals surface area (Å²) in [5.41, 5.74) is 0.00615. The molecule has 0 aliphatic carbocycles. The van der Waals surface area contributed by atoms with Gasteiger partial charge in [-0.3, -0.25) is 4.79 Å². The summed E-state index contributed by atoms with van der Waals surface area (Å²) in [6.45, 7) is 1.54. The number of aromatic nitrogens is 1. The number of anilines is 1. The highest BCUT2D eigenvalue weighted by atomic mass is 35.5. The molecule has 1 amide bonds. The van der Waals surface area contributed by atoms with E-state index in [2.05, 4.69) is 10.5 Å². The van der Waals surface area contributed by atoms with Gasteiger partial charge in [-0.1, -0.05) is 47.1 Å². The molecule has 8 heteroatoms. The van der Waals surface area contributed by atoms with Crippen molar-refractivity contribution in [1.29, 1.82) is 0 Å². The highest BCUT2D eigenvalue weighted by molar-refractivity contribution is 6.34. The van der Waals surface area contributed by atoms with Crippen molar-refractivity contribution in [2.45, 2.75) is 13.1 Å². The van der Waals surface area contributed by atoms with E-state index in [9.17, 15) is 18.0 Å². The van der Waals surface area contributed by atoms with Crippen LogP contribution in [-0.4, -0.2) is 11.1 Å². The molecule has 0 saturated heterocycles. The first-order valence-corrected chi connectivity index (χ1v) is 7.85. The minimum atomic E-state index is -4.55. The van der Waals surface area contributed by atoms with Crippen molar-refractivity contribution in [3.8, 4) is 11.3 Å². The van der Waals surface area contributed by atoms with Crippen LogP contribution in [0.1, 0.15) is 21.7 Å². The van der Waals surface area contributed by atoms with Gasteiger partial charge in [0.25, 0.3) is 5.91 Å². The topological polar surface area (TPSA) is 55.1 Å². The Kier molecular flexibility index (Phi) is 4.73. The van der Waals surface area contributed by atoms with Crippen LogP contribution in [0.25, 0.3) is 11.3 Å². The van der Waals surface area contributed by atoms with Crippen molar-refractivity contribution < 1.29 is 22.5 Å². The largest absolute Gasteiger partial charge is 0.416 e. The van der Waals surface area contributed by atoms with Gasteiger partial charge in [0.2, 0.25) is 0 Å². The Hall–Kier alpha value is -2.80. The quantitative estimate of drug-likeness (QED) is 0.645. The lowest BCUT2D eigenvalue weighted by Gasteiger charge is -2.11. The smallest absolute Gasteiger partial charge is 0.360 e. The standard InChI is InChI=1S/C18H12ClF3N2O2/c1-10-15(16(24-26-10)11-5-3-2-4-6-11)17(25)23-14-9-12(18(20,21)22)7-8-13(14)19/h2-9H,1H3,(H,23,25). The SMILES string of the molecule is Cc1onc(-c2ccccc2)c1C(=O)Nc1cc(C(F)(F)F)ccc1Cl. The lowest BCUT2D eigenvalue weighted by Crippen LogP contribution is -2.15. The van der Waals surface area contributed by atoms with Gasteiger partial charge in [-0.05, 0) is 25.1 Å². The molecule has 1 N–H and O–H groups in total. The molecule has 1 aromatic heterocycles. The molecule has 0 unspecified atom stereocenters. The van der Waals surface area contributed by atoms with E-state index < -0.39 is 17.6 Å². The average Bonchev–Trinajstić information content (AvgIpc) is 2.98. The normalized spacial score (nSPS) is 11.4. The third kappa shape index (κ3) is 3.57. The van der Waals surface area contributed by atoms with Gasteiger partial charge < -0.3 is 9.84 Å². The van der Waals surface area contributed by atoms with Crippen LogP contribution in [-0.2, 0) is 6.18 Å². The number of halogens is 4. The van der Waals surface area contributed by atoms with Crippen LogP contribution in [0.15, 0.2) is 53.1 Å². The molecular formula is C18H12ClF3N2O2. The van der Waals surface area contributed by atoms with Crippen molar-refractivity contribution in [1.82, 2.24) is 5.16 Å². The molecule has 0 aliphatic heterocycles. The van der Waals surface area contributed by atoms with Crippen LogP contribution >= 0.6 is 11.6 Å². The summed E-state index contributed by atoms with van der Waals surface area (Å²) >= 11 is 5.93. The molecule has 1 heterocycles. The van der Waals surface area contributed by atoms with Crippen molar-refractivity contribution in [3.05, 3.63) is 70.4 Å². The van der Waals surface area contributed by atoms with E-state index >= 15 is 0 Å². The molecule has 4 nitrogen and oxygen atoms in total. The Morgan fingerprint density at radius 1 is 1.15 bits per heavy atom. The molecule has 0 spiro atoms.